The van der Waals surface area contributed by atoms with Crippen LogP contribution in [-0.4, -0.2) is 18.0 Å². The van der Waals surface area contributed by atoms with E-state index in [9.17, 15) is 14.0 Å². The first kappa shape index (κ1) is 19.5. The third-order valence-corrected chi connectivity index (χ3v) is 4.27. The smallest absolute Gasteiger partial charge is 0.311 e. The second-order valence-corrected chi connectivity index (χ2v) is 6.34. The summed E-state index contributed by atoms with van der Waals surface area (Å²) in [6.07, 6.45) is -1.26. The Balaban J connectivity index is 1.97. The maximum atomic E-state index is 13.0. The Morgan fingerprint density at radius 2 is 1.76 bits per heavy atom. The van der Waals surface area contributed by atoms with Crippen molar-refractivity contribution in [3.05, 3.63) is 62.8 Å². The van der Waals surface area contributed by atoms with Crippen LogP contribution >= 0.6 is 34.8 Å². The Morgan fingerprint density at radius 1 is 1.12 bits per heavy atom. The first-order chi connectivity index (χ1) is 11.8. The van der Waals surface area contributed by atoms with Crippen molar-refractivity contribution in [1.29, 1.82) is 0 Å². The molecule has 0 heterocycles. The summed E-state index contributed by atoms with van der Waals surface area (Å²) in [5, 5.41) is 3.17. The fraction of sp³-hybridized carbons (Fsp3) is 0.176. The molecule has 0 aliphatic rings. The van der Waals surface area contributed by atoms with Gasteiger partial charge in [-0.2, -0.15) is 0 Å². The Bertz CT molecular complexity index is 793. The molecule has 25 heavy (non-hydrogen) atoms. The molecule has 0 aliphatic carbocycles. The number of esters is 1. The Morgan fingerprint density at radius 3 is 2.36 bits per heavy atom. The predicted octanol–water partition coefficient (Wildman–Crippen LogP) is 4.90. The van der Waals surface area contributed by atoms with E-state index in [2.05, 4.69) is 5.32 Å². The van der Waals surface area contributed by atoms with E-state index in [0.29, 0.717) is 15.6 Å². The van der Waals surface area contributed by atoms with Gasteiger partial charge in [0.1, 0.15) is 5.82 Å². The highest BCUT2D eigenvalue weighted by Gasteiger charge is 2.20. The zero-order valence-electron chi connectivity index (χ0n) is 13.0. The van der Waals surface area contributed by atoms with Gasteiger partial charge in [0, 0.05) is 15.6 Å². The molecule has 2 aromatic rings. The lowest BCUT2D eigenvalue weighted by Crippen LogP contribution is -2.30. The number of halogens is 4. The highest BCUT2D eigenvalue weighted by molar-refractivity contribution is 6.36. The van der Waals surface area contributed by atoms with Crippen LogP contribution in [0.2, 0.25) is 15.1 Å². The second-order valence-electron chi connectivity index (χ2n) is 5.12. The van der Waals surface area contributed by atoms with Gasteiger partial charge in [0.25, 0.3) is 5.91 Å². The molecular weight excluding hydrogens is 392 g/mol. The molecule has 0 bridgehead atoms. The van der Waals surface area contributed by atoms with E-state index in [0.717, 1.165) is 12.1 Å². The van der Waals surface area contributed by atoms with E-state index in [1.165, 1.54) is 13.0 Å². The van der Waals surface area contributed by atoms with Crippen LogP contribution < -0.4 is 5.32 Å². The van der Waals surface area contributed by atoms with Gasteiger partial charge in [0.15, 0.2) is 6.10 Å². The minimum absolute atomic E-state index is 0.0368. The molecule has 0 spiro atoms. The van der Waals surface area contributed by atoms with Gasteiger partial charge < -0.3 is 10.1 Å². The maximum Gasteiger partial charge on any atom is 0.311 e. The molecule has 1 amide bonds. The minimum Gasteiger partial charge on any atom is -0.452 e. The van der Waals surface area contributed by atoms with E-state index in [-0.39, 0.29) is 17.1 Å². The van der Waals surface area contributed by atoms with Gasteiger partial charge in [0.05, 0.1) is 17.1 Å². The normalized spacial score (nSPS) is 11.7. The van der Waals surface area contributed by atoms with Gasteiger partial charge in [0.2, 0.25) is 0 Å². The second kappa shape index (κ2) is 8.52. The number of benzene rings is 2. The molecule has 0 radical (unpaired) electrons. The van der Waals surface area contributed by atoms with Crippen LogP contribution in [0.25, 0.3) is 0 Å². The van der Waals surface area contributed by atoms with Crippen molar-refractivity contribution in [1.82, 2.24) is 0 Å². The summed E-state index contributed by atoms with van der Waals surface area (Å²) < 4.78 is 18.1. The van der Waals surface area contributed by atoms with Crippen molar-refractivity contribution in [2.24, 2.45) is 0 Å². The van der Waals surface area contributed by atoms with Crippen LogP contribution in [0.3, 0.4) is 0 Å². The molecule has 1 atom stereocenters. The van der Waals surface area contributed by atoms with Gasteiger partial charge in [-0.05, 0) is 37.3 Å². The summed E-state index contributed by atoms with van der Waals surface area (Å²) >= 11 is 17.8. The SMILES string of the molecule is C[C@H](OC(=O)Cc1c(Cl)cccc1Cl)C(=O)Nc1ccc(F)cc1Cl. The summed E-state index contributed by atoms with van der Waals surface area (Å²) in [5.41, 5.74) is 0.634. The topological polar surface area (TPSA) is 55.4 Å². The average Bonchev–Trinajstić information content (AvgIpc) is 2.53. The highest BCUT2D eigenvalue weighted by Crippen LogP contribution is 2.25. The number of hydrogen-bond acceptors (Lipinski definition) is 3. The third kappa shape index (κ3) is 5.33. The summed E-state index contributed by atoms with van der Waals surface area (Å²) in [6.45, 7) is 1.40. The molecule has 0 saturated heterocycles. The average molecular weight is 405 g/mol. The third-order valence-electron chi connectivity index (χ3n) is 3.25. The van der Waals surface area contributed by atoms with Crippen LogP contribution in [0.1, 0.15) is 12.5 Å². The van der Waals surface area contributed by atoms with Gasteiger partial charge >= 0.3 is 5.97 Å². The summed E-state index contributed by atoms with van der Waals surface area (Å²) in [6, 6.07) is 8.38. The van der Waals surface area contributed by atoms with Crippen LogP contribution in [0, 0.1) is 5.82 Å². The van der Waals surface area contributed by atoms with Crippen LogP contribution in [-0.2, 0) is 20.7 Å². The monoisotopic (exact) mass is 403 g/mol. The Kier molecular flexibility index (Phi) is 6.64. The molecule has 1 N–H and O–H groups in total. The summed E-state index contributed by atoms with van der Waals surface area (Å²) in [4.78, 5) is 24.1. The number of rotatable bonds is 5. The van der Waals surface area contributed by atoms with Crippen molar-refractivity contribution in [3.63, 3.8) is 0 Å². The molecule has 0 unspecified atom stereocenters. The van der Waals surface area contributed by atoms with Gasteiger partial charge in [-0.1, -0.05) is 40.9 Å². The number of carbonyl (C=O) groups excluding carboxylic acids is 2. The highest BCUT2D eigenvalue weighted by atomic mass is 35.5. The largest absolute Gasteiger partial charge is 0.452 e. The van der Waals surface area contributed by atoms with Crippen molar-refractivity contribution >= 4 is 52.4 Å². The van der Waals surface area contributed by atoms with Crippen molar-refractivity contribution in [2.75, 3.05) is 5.32 Å². The molecule has 8 heteroatoms. The number of hydrogen-bond donors (Lipinski definition) is 1. The molecule has 2 rings (SSSR count). The van der Waals surface area contributed by atoms with Gasteiger partial charge in [-0.3, -0.25) is 9.59 Å². The number of ether oxygens (including phenoxy) is 1. The van der Waals surface area contributed by atoms with E-state index in [4.69, 9.17) is 39.5 Å². The number of amides is 1. The molecule has 0 saturated carbocycles. The van der Waals surface area contributed by atoms with Gasteiger partial charge in [-0.25, -0.2) is 4.39 Å². The summed E-state index contributed by atoms with van der Waals surface area (Å²) in [5.74, 6) is -1.80. The Hall–Kier alpha value is -1.82. The van der Waals surface area contributed by atoms with Crippen LogP contribution in [0.15, 0.2) is 36.4 Å². The van der Waals surface area contributed by atoms with Crippen molar-refractivity contribution < 1.29 is 18.7 Å². The zero-order chi connectivity index (χ0) is 18.6. The van der Waals surface area contributed by atoms with E-state index in [1.807, 2.05) is 0 Å². The first-order valence-corrected chi connectivity index (χ1v) is 8.29. The molecule has 0 aliphatic heterocycles. The molecule has 4 nitrogen and oxygen atoms in total. The fourth-order valence-electron chi connectivity index (χ4n) is 1.96. The maximum absolute atomic E-state index is 13.0. The predicted molar refractivity (Wildman–Crippen MR) is 95.8 cm³/mol. The molecule has 0 aromatic heterocycles. The van der Waals surface area contributed by atoms with Crippen LogP contribution in [0.5, 0.6) is 0 Å². The zero-order valence-corrected chi connectivity index (χ0v) is 15.3. The molecule has 2 aromatic carbocycles. The quantitative estimate of drug-likeness (QED) is 0.721. The first-order valence-electron chi connectivity index (χ1n) is 7.16. The van der Waals surface area contributed by atoms with Crippen molar-refractivity contribution in [3.8, 4) is 0 Å². The molecule has 132 valence electrons. The number of anilines is 1. The number of nitrogens with one attached hydrogen (secondary N) is 1. The lowest BCUT2D eigenvalue weighted by molar-refractivity contribution is -0.152. The Labute approximate surface area is 158 Å². The van der Waals surface area contributed by atoms with E-state index < -0.39 is 23.8 Å². The van der Waals surface area contributed by atoms with Crippen molar-refractivity contribution in [2.45, 2.75) is 19.4 Å². The van der Waals surface area contributed by atoms with Gasteiger partial charge in [-0.15, -0.1) is 0 Å². The van der Waals surface area contributed by atoms with Crippen LogP contribution in [0.4, 0.5) is 10.1 Å². The van der Waals surface area contributed by atoms with E-state index in [1.54, 1.807) is 18.2 Å². The fourth-order valence-corrected chi connectivity index (χ4v) is 2.71. The summed E-state index contributed by atoms with van der Waals surface area (Å²) in [7, 11) is 0. The number of carbonyl (C=O) groups is 2. The van der Waals surface area contributed by atoms with E-state index >= 15 is 0 Å². The minimum atomic E-state index is -1.09. The standard InChI is InChI=1S/C17H13Cl3FNO3/c1-9(17(24)22-15-6-5-10(21)7-14(15)20)25-16(23)8-11-12(18)3-2-4-13(11)19/h2-7,9H,8H2,1H3,(H,22,24)/t9-/m0/s1. The molecule has 0 fully saturated rings. The lowest BCUT2D eigenvalue weighted by Gasteiger charge is -2.15. The lowest BCUT2D eigenvalue weighted by atomic mass is 10.1. The molecular formula is C17H13Cl3FNO3.